The fraction of sp³-hybridized carbons (Fsp3) is 1.00. The molecule has 0 heterocycles. The zero-order valence-electron chi connectivity index (χ0n) is 30.3. The van der Waals surface area contributed by atoms with Crippen LogP contribution >= 0.6 is 0 Å². The van der Waals surface area contributed by atoms with Crippen molar-refractivity contribution in [3.05, 3.63) is 0 Å². The van der Waals surface area contributed by atoms with Crippen molar-refractivity contribution in [2.24, 2.45) is 17.8 Å². The van der Waals surface area contributed by atoms with Gasteiger partial charge in [0.15, 0.2) is 0 Å². The van der Waals surface area contributed by atoms with Crippen LogP contribution in [0.3, 0.4) is 0 Å². The molecule has 0 aromatic rings. The van der Waals surface area contributed by atoms with Crippen molar-refractivity contribution in [1.82, 2.24) is 0 Å². The number of rotatable bonds is 29. The molecule has 0 rings (SSSR count). The molecule has 0 bridgehead atoms. The summed E-state index contributed by atoms with van der Waals surface area (Å²) in [5.74, 6) is -2.17. The van der Waals surface area contributed by atoms with Gasteiger partial charge in [0.1, 0.15) is 0 Å². The normalized spacial score (nSPS) is 17.6. The number of hydrogen-bond donors (Lipinski definition) is 0. The van der Waals surface area contributed by atoms with Crippen LogP contribution in [0.25, 0.3) is 0 Å². The van der Waals surface area contributed by atoms with Gasteiger partial charge in [0.25, 0.3) is 5.79 Å². The van der Waals surface area contributed by atoms with Crippen molar-refractivity contribution in [3.8, 4) is 0 Å². The molecule has 5 atom stereocenters. The molecule has 0 aliphatic heterocycles. The van der Waals surface area contributed by atoms with Gasteiger partial charge in [-0.15, -0.1) is 0 Å². The molecule has 0 aromatic carbocycles. The summed E-state index contributed by atoms with van der Waals surface area (Å²) >= 11 is 0. The maximum atomic E-state index is 7.08. The predicted molar refractivity (Wildman–Crippen MR) is 176 cm³/mol. The fourth-order valence-corrected chi connectivity index (χ4v) is 5.45. The average molecular weight is 603 g/mol. The SMILES string of the molecule is CCCCCCOC(OCCCC(C)C)(C(C)CC)C(OOCC(C)CCC)(OC(C)CCCC)OC(C)(C)CCC. The monoisotopic (exact) mass is 603 g/mol. The van der Waals surface area contributed by atoms with Gasteiger partial charge in [0.05, 0.1) is 31.5 Å². The van der Waals surface area contributed by atoms with E-state index in [4.69, 9.17) is 28.7 Å². The summed E-state index contributed by atoms with van der Waals surface area (Å²) < 4.78 is 28.0. The molecule has 0 saturated carbocycles. The molecular weight excluding hydrogens is 528 g/mol. The molecule has 254 valence electrons. The van der Waals surface area contributed by atoms with E-state index in [-0.39, 0.29) is 12.0 Å². The predicted octanol–water partition coefficient (Wildman–Crippen LogP) is 11.0. The van der Waals surface area contributed by atoms with Gasteiger partial charge in [-0.05, 0) is 77.6 Å². The van der Waals surface area contributed by atoms with Crippen molar-refractivity contribution >= 4 is 0 Å². The topological polar surface area (TPSA) is 55.4 Å². The van der Waals surface area contributed by atoms with Gasteiger partial charge < -0.3 is 18.9 Å². The van der Waals surface area contributed by atoms with E-state index in [1.807, 2.05) is 0 Å². The average Bonchev–Trinajstić information content (AvgIpc) is 2.92. The van der Waals surface area contributed by atoms with Crippen LogP contribution in [-0.4, -0.2) is 43.3 Å². The molecule has 0 saturated heterocycles. The second-order valence-electron chi connectivity index (χ2n) is 13.8. The van der Waals surface area contributed by atoms with Crippen LogP contribution in [-0.2, 0) is 28.7 Å². The maximum Gasteiger partial charge on any atom is 0.368 e. The van der Waals surface area contributed by atoms with E-state index in [0.29, 0.717) is 31.7 Å². The van der Waals surface area contributed by atoms with Gasteiger partial charge in [0.2, 0.25) is 0 Å². The van der Waals surface area contributed by atoms with Crippen LogP contribution in [0.2, 0.25) is 0 Å². The lowest BCUT2D eigenvalue weighted by Crippen LogP contribution is -2.68. The summed E-state index contributed by atoms with van der Waals surface area (Å²) in [4.78, 5) is 12.7. The molecule has 0 N–H and O–H groups in total. The molecular formula is C36H74O6. The van der Waals surface area contributed by atoms with Crippen molar-refractivity contribution < 1.29 is 28.7 Å². The Labute approximate surface area is 262 Å². The van der Waals surface area contributed by atoms with Crippen LogP contribution in [0, 0.1) is 17.8 Å². The smallest absolute Gasteiger partial charge is 0.343 e. The molecule has 0 radical (unpaired) electrons. The Kier molecular flexibility index (Phi) is 23.0. The zero-order valence-corrected chi connectivity index (χ0v) is 30.3. The Bertz CT molecular complexity index is 626. The van der Waals surface area contributed by atoms with Crippen molar-refractivity contribution in [1.29, 1.82) is 0 Å². The van der Waals surface area contributed by atoms with Crippen LogP contribution in [0.4, 0.5) is 0 Å². The van der Waals surface area contributed by atoms with Crippen molar-refractivity contribution in [3.63, 3.8) is 0 Å². The molecule has 0 aromatic heterocycles. The molecule has 42 heavy (non-hydrogen) atoms. The van der Waals surface area contributed by atoms with Crippen molar-refractivity contribution in [2.75, 3.05) is 19.8 Å². The lowest BCUT2D eigenvalue weighted by Gasteiger charge is -2.52. The van der Waals surface area contributed by atoms with Gasteiger partial charge in [-0.3, -0.25) is 0 Å². The minimum Gasteiger partial charge on any atom is -0.343 e. The summed E-state index contributed by atoms with van der Waals surface area (Å²) in [7, 11) is 0. The first-order valence-electron chi connectivity index (χ1n) is 17.8. The third kappa shape index (κ3) is 15.7. The minimum absolute atomic E-state index is 0.0878. The van der Waals surface area contributed by atoms with Crippen molar-refractivity contribution in [2.45, 2.75) is 196 Å². The molecule has 5 unspecified atom stereocenters. The first-order chi connectivity index (χ1) is 19.9. The quantitative estimate of drug-likeness (QED) is 0.0367. The summed E-state index contributed by atoms with van der Waals surface area (Å²) in [5.41, 5.74) is -0.566. The van der Waals surface area contributed by atoms with Gasteiger partial charge in [-0.25, -0.2) is 4.89 Å². The molecule has 6 nitrogen and oxygen atoms in total. The van der Waals surface area contributed by atoms with E-state index < -0.39 is 17.4 Å². The number of ether oxygens (including phenoxy) is 4. The zero-order chi connectivity index (χ0) is 32.1. The van der Waals surface area contributed by atoms with Gasteiger partial charge in [0, 0.05) is 5.92 Å². The van der Waals surface area contributed by atoms with Crippen LogP contribution in [0.15, 0.2) is 0 Å². The van der Waals surface area contributed by atoms with Crippen LogP contribution in [0.1, 0.15) is 173 Å². The van der Waals surface area contributed by atoms with Crippen LogP contribution < -0.4 is 0 Å². The van der Waals surface area contributed by atoms with Gasteiger partial charge in [-0.2, -0.15) is 4.89 Å². The van der Waals surface area contributed by atoms with E-state index in [1.54, 1.807) is 0 Å². The lowest BCUT2D eigenvalue weighted by atomic mass is 9.93. The molecule has 0 spiro atoms. The Hall–Kier alpha value is -0.240. The Balaban J connectivity index is 6.99. The first-order valence-corrected chi connectivity index (χ1v) is 17.8. The lowest BCUT2D eigenvalue weighted by molar-refractivity contribution is -0.598. The van der Waals surface area contributed by atoms with Gasteiger partial charge >= 0.3 is 5.97 Å². The summed E-state index contributed by atoms with van der Waals surface area (Å²) in [6.45, 7) is 27.7. The standard InChI is InChI=1S/C36H74O6/c1-13-18-20-21-27-37-35(32(9)17-5,38-28-22-24-30(6)7)36(40-33(10)25-19-14-2,41-34(11,12)26-16-4)42-39-29-31(8)23-15-3/h30-33H,13-29H2,1-12H3. The third-order valence-electron chi connectivity index (χ3n) is 8.13. The first kappa shape index (κ1) is 41.8. The van der Waals surface area contributed by atoms with E-state index in [0.717, 1.165) is 77.0 Å². The van der Waals surface area contributed by atoms with Crippen LogP contribution in [0.5, 0.6) is 0 Å². The highest BCUT2D eigenvalue weighted by Crippen LogP contribution is 2.46. The number of unbranched alkanes of at least 4 members (excludes halogenated alkanes) is 4. The summed E-state index contributed by atoms with van der Waals surface area (Å²) in [5, 5.41) is 0. The fourth-order valence-electron chi connectivity index (χ4n) is 5.45. The highest BCUT2D eigenvalue weighted by atomic mass is 17.3. The summed E-state index contributed by atoms with van der Waals surface area (Å²) in [6.07, 6.45) is 14.0. The Morgan fingerprint density at radius 3 is 1.83 bits per heavy atom. The maximum absolute atomic E-state index is 7.08. The summed E-state index contributed by atoms with van der Waals surface area (Å²) in [6, 6.07) is 0. The Morgan fingerprint density at radius 1 is 0.643 bits per heavy atom. The van der Waals surface area contributed by atoms with E-state index in [1.165, 1.54) is 12.8 Å². The molecule has 0 aliphatic rings. The highest BCUT2D eigenvalue weighted by Gasteiger charge is 2.65. The molecule has 0 fully saturated rings. The Morgan fingerprint density at radius 2 is 1.29 bits per heavy atom. The molecule has 0 amide bonds. The molecule has 0 aliphatic carbocycles. The highest BCUT2D eigenvalue weighted by molar-refractivity contribution is 4.90. The van der Waals surface area contributed by atoms with E-state index in [2.05, 4.69) is 83.1 Å². The minimum atomic E-state index is -1.71. The van der Waals surface area contributed by atoms with Gasteiger partial charge in [-0.1, -0.05) is 107 Å². The van der Waals surface area contributed by atoms with E-state index >= 15 is 0 Å². The largest absolute Gasteiger partial charge is 0.368 e. The number of hydrogen-bond acceptors (Lipinski definition) is 6. The second-order valence-corrected chi connectivity index (χ2v) is 13.8. The third-order valence-corrected chi connectivity index (χ3v) is 8.13. The second kappa shape index (κ2) is 23.1. The molecule has 6 heteroatoms. The van der Waals surface area contributed by atoms with E-state index in [9.17, 15) is 0 Å².